The van der Waals surface area contributed by atoms with Crippen LogP contribution in [0.1, 0.15) is 6.42 Å². The summed E-state index contributed by atoms with van der Waals surface area (Å²) in [7, 11) is -0.0809. The minimum absolute atomic E-state index is 0.689. The van der Waals surface area contributed by atoms with Crippen LogP contribution in [0.5, 0.6) is 0 Å². The van der Waals surface area contributed by atoms with Crippen molar-refractivity contribution >= 4 is 8.56 Å². The van der Waals surface area contributed by atoms with Crippen LogP contribution in [-0.4, -0.2) is 28.8 Å². The highest BCUT2D eigenvalue weighted by Gasteiger charge is 2.21. The molecule has 0 fully saturated rings. The molecule has 0 unspecified atom stereocenters. The van der Waals surface area contributed by atoms with Gasteiger partial charge in [0.25, 0.3) is 0 Å². The molecule has 0 radical (unpaired) electrons. The fraction of sp³-hybridized carbons (Fsp3) is 1.00. The van der Waals surface area contributed by atoms with Crippen molar-refractivity contribution in [1.82, 2.24) is 0 Å². The van der Waals surface area contributed by atoms with Gasteiger partial charge in [-0.2, -0.15) is 0 Å². The average Bonchev–Trinajstić information content (AvgIpc) is 1.89. The normalized spacial score (nSPS) is 12.0. The van der Waals surface area contributed by atoms with Gasteiger partial charge in [0, 0.05) is 13.7 Å². The summed E-state index contributed by atoms with van der Waals surface area (Å²) in [6, 6.07) is 0. The standard InChI is InChI=1S/C6H17NO2Si/c1-8-10(2,3)9-6-4-5-7/h4-7H2,1-3H3. The lowest BCUT2D eigenvalue weighted by Gasteiger charge is -2.19. The Balaban J connectivity index is 3.28. The van der Waals surface area contributed by atoms with Gasteiger partial charge in [-0.3, -0.25) is 0 Å². The predicted octanol–water partition coefficient (Wildman–Crippen LogP) is 0.700. The Bertz CT molecular complexity index is 87.8. The van der Waals surface area contributed by atoms with Crippen LogP contribution in [0, 0.1) is 0 Å². The van der Waals surface area contributed by atoms with E-state index in [1.807, 2.05) is 13.1 Å². The van der Waals surface area contributed by atoms with Gasteiger partial charge in [-0.05, 0) is 26.1 Å². The van der Waals surface area contributed by atoms with Crippen LogP contribution in [0.3, 0.4) is 0 Å². The lowest BCUT2D eigenvalue weighted by molar-refractivity contribution is 0.210. The molecule has 0 aliphatic carbocycles. The molecule has 10 heavy (non-hydrogen) atoms. The summed E-state index contributed by atoms with van der Waals surface area (Å²) in [4.78, 5) is 0. The molecule has 0 bridgehead atoms. The second-order valence-electron chi connectivity index (χ2n) is 2.59. The van der Waals surface area contributed by atoms with Gasteiger partial charge in [0.1, 0.15) is 0 Å². The van der Waals surface area contributed by atoms with Crippen molar-refractivity contribution < 1.29 is 8.85 Å². The Labute approximate surface area is 63.8 Å². The molecule has 0 aromatic rings. The van der Waals surface area contributed by atoms with Gasteiger partial charge in [-0.25, -0.2) is 0 Å². The highest BCUT2D eigenvalue weighted by atomic mass is 28.4. The molecule has 0 saturated heterocycles. The van der Waals surface area contributed by atoms with Crippen molar-refractivity contribution in [2.24, 2.45) is 5.73 Å². The van der Waals surface area contributed by atoms with Gasteiger partial charge < -0.3 is 14.6 Å². The largest absolute Gasteiger partial charge is 0.398 e. The molecule has 0 rings (SSSR count). The monoisotopic (exact) mass is 163 g/mol. The van der Waals surface area contributed by atoms with Crippen LogP contribution in [0.2, 0.25) is 13.1 Å². The van der Waals surface area contributed by atoms with Crippen molar-refractivity contribution in [3.05, 3.63) is 0 Å². The highest BCUT2D eigenvalue weighted by molar-refractivity contribution is 6.64. The number of rotatable bonds is 5. The zero-order valence-corrected chi connectivity index (χ0v) is 8.02. The molecule has 0 heterocycles. The van der Waals surface area contributed by atoms with E-state index in [0.717, 1.165) is 13.0 Å². The summed E-state index contributed by atoms with van der Waals surface area (Å²) in [5, 5.41) is 0. The van der Waals surface area contributed by atoms with Crippen LogP contribution < -0.4 is 5.73 Å². The van der Waals surface area contributed by atoms with Gasteiger partial charge in [0.2, 0.25) is 0 Å². The summed E-state index contributed by atoms with van der Waals surface area (Å²) in [6.07, 6.45) is 0.916. The maximum Gasteiger partial charge on any atom is 0.331 e. The quantitative estimate of drug-likeness (QED) is 0.479. The van der Waals surface area contributed by atoms with Crippen molar-refractivity contribution in [2.45, 2.75) is 19.5 Å². The minimum Gasteiger partial charge on any atom is -0.398 e. The van der Waals surface area contributed by atoms with Crippen LogP contribution in [0.25, 0.3) is 0 Å². The lowest BCUT2D eigenvalue weighted by atomic mass is 10.5. The molecule has 0 aliphatic rings. The van der Waals surface area contributed by atoms with E-state index in [-0.39, 0.29) is 0 Å². The zero-order chi connectivity index (χ0) is 8.04. The van der Waals surface area contributed by atoms with Gasteiger partial charge in [0.05, 0.1) is 0 Å². The molecular weight excluding hydrogens is 146 g/mol. The van der Waals surface area contributed by atoms with Gasteiger partial charge in [-0.15, -0.1) is 0 Å². The first-order chi connectivity index (χ1) is 4.62. The van der Waals surface area contributed by atoms with Crippen LogP contribution in [0.15, 0.2) is 0 Å². The van der Waals surface area contributed by atoms with E-state index in [4.69, 9.17) is 14.6 Å². The third-order valence-electron chi connectivity index (χ3n) is 1.29. The average molecular weight is 163 g/mol. The Kier molecular flexibility index (Phi) is 4.89. The maximum atomic E-state index is 5.46. The first-order valence-electron chi connectivity index (χ1n) is 3.51. The van der Waals surface area contributed by atoms with Gasteiger partial charge >= 0.3 is 8.56 Å². The summed E-state index contributed by atoms with van der Waals surface area (Å²) in [5.41, 5.74) is 5.29. The van der Waals surface area contributed by atoms with E-state index < -0.39 is 8.56 Å². The molecule has 0 spiro atoms. The number of nitrogens with two attached hydrogens (primary N) is 1. The Morgan fingerprint density at radius 1 is 1.40 bits per heavy atom. The van der Waals surface area contributed by atoms with E-state index in [0.29, 0.717) is 6.54 Å². The van der Waals surface area contributed by atoms with Crippen molar-refractivity contribution in [3.63, 3.8) is 0 Å². The molecule has 4 heteroatoms. The Hall–Kier alpha value is 0.0969. The maximum absolute atomic E-state index is 5.46. The third kappa shape index (κ3) is 4.93. The van der Waals surface area contributed by atoms with Crippen LogP contribution in [0.4, 0.5) is 0 Å². The van der Waals surface area contributed by atoms with Crippen LogP contribution in [-0.2, 0) is 8.85 Å². The fourth-order valence-corrected chi connectivity index (χ4v) is 1.21. The molecule has 0 aliphatic heterocycles. The summed E-state index contributed by atoms with van der Waals surface area (Å²) < 4.78 is 10.6. The topological polar surface area (TPSA) is 44.5 Å². The number of hydrogen-bond acceptors (Lipinski definition) is 3. The van der Waals surface area contributed by atoms with Crippen molar-refractivity contribution in [1.29, 1.82) is 0 Å². The minimum atomic E-state index is -1.77. The number of hydrogen-bond donors (Lipinski definition) is 1. The Morgan fingerprint density at radius 2 is 2.00 bits per heavy atom. The second-order valence-corrected chi connectivity index (χ2v) is 6.09. The van der Waals surface area contributed by atoms with E-state index in [1.54, 1.807) is 7.11 Å². The van der Waals surface area contributed by atoms with Gasteiger partial charge in [-0.1, -0.05) is 0 Å². The molecule has 2 N–H and O–H groups in total. The summed E-state index contributed by atoms with van der Waals surface area (Å²) >= 11 is 0. The lowest BCUT2D eigenvalue weighted by Crippen LogP contribution is -2.33. The first kappa shape index (κ1) is 10.1. The summed E-state index contributed by atoms with van der Waals surface area (Å²) in [6.45, 7) is 5.45. The van der Waals surface area contributed by atoms with Crippen molar-refractivity contribution in [2.75, 3.05) is 20.3 Å². The zero-order valence-electron chi connectivity index (χ0n) is 7.02. The van der Waals surface area contributed by atoms with Crippen LogP contribution >= 0.6 is 0 Å². The smallest absolute Gasteiger partial charge is 0.331 e. The molecule has 3 nitrogen and oxygen atoms in total. The fourth-order valence-electron chi connectivity index (χ4n) is 0.460. The van der Waals surface area contributed by atoms with Gasteiger partial charge in [0.15, 0.2) is 0 Å². The predicted molar refractivity (Wildman–Crippen MR) is 44.1 cm³/mol. The van der Waals surface area contributed by atoms with E-state index in [9.17, 15) is 0 Å². The molecule has 0 saturated carbocycles. The SMILES string of the molecule is CO[Si](C)(C)OCCCN. The Morgan fingerprint density at radius 3 is 2.40 bits per heavy atom. The van der Waals surface area contributed by atoms with E-state index >= 15 is 0 Å². The molecule has 62 valence electrons. The second kappa shape index (κ2) is 4.84. The third-order valence-corrected chi connectivity index (χ3v) is 3.17. The molecule has 0 aromatic heterocycles. The highest BCUT2D eigenvalue weighted by Crippen LogP contribution is 2.03. The molecule has 0 aromatic carbocycles. The van der Waals surface area contributed by atoms with E-state index in [1.165, 1.54) is 0 Å². The molecule has 0 amide bonds. The molecule has 0 atom stereocenters. The van der Waals surface area contributed by atoms with Crippen molar-refractivity contribution in [3.8, 4) is 0 Å². The first-order valence-corrected chi connectivity index (χ1v) is 6.33. The molecular formula is C6H17NO2Si. The van der Waals surface area contributed by atoms with E-state index in [2.05, 4.69) is 0 Å². The summed E-state index contributed by atoms with van der Waals surface area (Å²) in [5.74, 6) is 0.